The molecule has 1 aromatic carbocycles. The highest BCUT2D eigenvalue weighted by molar-refractivity contribution is 6.31. The van der Waals surface area contributed by atoms with Gasteiger partial charge in [-0.05, 0) is 37.8 Å². The average molecular weight is 328 g/mol. The molecule has 22 heavy (non-hydrogen) atoms. The molecule has 4 N–H and O–H groups in total. The maximum Gasteiger partial charge on any atom is 0.315 e. The van der Waals surface area contributed by atoms with E-state index in [4.69, 9.17) is 17.3 Å². The van der Waals surface area contributed by atoms with Gasteiger partial charge in [-0.25, -0.2) is 9.18 Å². The van der Waals surface area contributed by atoms with Gasteiger partial charge in [0, 0.05) is 23.2 Å². The van der Waals surface area contributed by atoms with Crippen LogP contribution in [0.3, 0.4) is 0 Å². The molecule has 4 nitrogen and oxygen atoms in total. The summed E-state index contributed by atoms with van der Waals surface area (Å²) in [6.07, 6.45) is 4.56. The molecule has 0 aliphatic heterocycles. The number of hydrogen-bond acceptors (Lipinski definition) is 2. The maximum atomic E-state index is 13.8. The molecule has 0 aromatic heterocycles. The van der Waals surface area contributed by atoms with E-state index in [2.05, 4.69) is 10.6 Å². The Morgan fingerprint density at radius 1 is 1.41 bits per heavy atom. The fourth-order valence-corrected chi connectivity index (χ4v) is 3.46. The van der Waals surface area contributed by atoms with Crippen molar-refractivity contribution in [1.82, 2.24) is 10.6 Å². The lowest BCUT2D eigenvalue weighted by atomic mass is 9.98. The molecule has 1 aliphatic rings. The van der Waals surface area contributed by atoms with E-state index in [1.165, 1.54) is 18.9 Å². The number of hydrogen-bond donors (Lipinski definition) is 3. The van der Waals surface area contributed by atoms with Gasteiger partial charge in [0.2, 0.25) is 0 Å². The van der Waals surface area contributed by atoms with Crippen LogP contribution >= 0.6 is 11.6 Å². The van der Waals surface area contributed by atoms with Crippen LogP contribution in [0.25, 0.3) is 0 Å². The number of benzene rings is 1. The number of rotatable bonds is 5. The quantitative estimate of drug-likeness (QED) is 0.776. The van der Waals surface area contributed by atoms with Crippen LogP contribution in [0, 0.1) is 11.7 Å². The normalized spacial score (nSPS) is 18.0. The molecule has 2 rings (SSSR count). The minimum absolute atomic E-state index is 0.0363. The highest BCUT2D eigenvalue weighted by Crippen LogP contribution is 2.28. The predicted octanol–water partition coefficient (Wildman–Crippen LogP) is 3.36. The molecule has 0 radical (unpaired) electrons. The Kier molecular flexibility index (Phi) is 6.03. The minimum atomic E-state index is -0.518. The molecule has 0 bridgehead atoms. The second-order valence-electron chi connectivity index (χ2n) is 5.86. The molecule has 2 unspecified atom stereocenters. The van der Waals surface area contributed by atoms with Gasteiger partial charge in [-0.2, -0.15) is 0 Å². The molecule has 0 saturated heterocycles. The molecule has 1 fully saturated rings. The summed E-state index contributed by atoms with van der Waals surface area (Å²) in [6, 6.07) is 3.59. The van der Waals surface area contributed by atoms with Crippen molar-refractivity contribution in [2.75, 3.05) is 6.54 Å². The Hall–Kier alpha value is -1.33. The summed E-state index contributed by atoms with van der Waals surface area (Å²) in [4.78, 5) is 12.1. The summed E-state index contributed by atoms with van der Waals surface area (Å²) in [5.41, 5.74) is 6.06. The molecule has 1 aliphatic carbocycles. The zero-order valence-corrected chi connectivity index (χ0v) is 13.5. The second kappa shape index (κ2) is 7.79. The molecule has 1 aromatic rings. The van der Waals surface area contributed by atoms with Gasteiger partial charge in [-0.15, -0.1) is 0 Å². The first-order chi connectivity index (χ1) is 10.5. The Bertz CT molecular complexity index is 500. The van der Waals surface area contributed by atoms with Crippen molar-refractivity contribution < 1.29 is 9.18 Å². The predicted molar refractivity (Wildman–Crippen MR) is 86.3 cm³/mol. The van der Waals surface area contributed by atoms with E-state index in [0.29, 0.717) is 23.0 Å². The van der Waals surface area contributed by atoms with Crippen LogP contribution in [0.15, 0.2) is 18.2 Å². The maximum absolute atomic E-state index is 13.8. The Balaban J connectivity index is 1.96. The van der Waals surface area contributed by atoms with Crippen molar-refractivity contribution in [2.45, 2.75) is 44.7 Å². The fourth-order valence-electron chi connectivity index (χ4n) is 3.13. The summed E-state index contributed by atoms with van der Waals surface area (Å²) < 4.78 is 13.8. The van der Waals surface area contributed by atoms with Gasteiger partial charge in [0.1, 0.15) is 5.82 Å². The fraction of sp³-hybridized carbons (Fsp3) is 0.562. The van der Waals surface area contributed by atoms with Crippen LogP contribution in [-0.2, 0) is 0 Å². The third-order valence-electron chi connectivity index (χ3n) is 4.32. The molecular formula is C16H23ClFN3O. The number of halogens is 2. The third kappa shape index (κ3) is 4.11. The van der Waals surface area contributed by atoms with E-state index in [1.807, 2.05) is 0 Å². The van der Waals surface area contributed by atoms with Gasteiger partial charge in [0.15, 0.2) is 0 Å². The van der Waals surface area contributed by atoms with Crippen LogP contribution in [-0.4, -0.2) is 18.6 Å². The van der Waals surface area contributed by atoms with Gasteiger partial charge >= 0.3 is 6.03 Å². The van der Waals surface area contributed by atoms with Crippen LogP contribution < -0.4 is 16.4 Å². The monoisotopic (exact) mass is 327 g/mol. The first-order valence-corrected chi connectivity index (χ1v) is 8.11. The molecule has 2 amide bonds. The average Bonchev–Trinajstić information content (AvgIpc) is 2.98. The van der Waals surface area contributed by atoms with E-state index in [1.54, 1.807) is 19.1 Å². The smallest absolute Gasteiger partial charge is 0.315 e. The standard InChI is InChI=1S/C16H23ClFN3O/c1-10(15-12(17)7-4-8-13(15)18)20-16(22)21-14(9-19)11-5-2-3-6-11/h4,7-8,10-11,14H,2-3,5-6,9,19H2,1H3,(H2,20,21,22). The van der Waals surface area contributed by atoms with Gasteiger partial charge in [-0.3, -0.25) is 0 Å². The van der Waals surface area contributed by atoms with Gasteiger partial charge in [0.05, 0.1) is 6.04 Å². The first kappa shape index (κ1) is 17.0. The van der Waals surface area contributed by atoms with Crippen molar-refractivity contribution >= 4 is 17.6 Å². The van der Waals surface area contributed by atoms with Crippen LogP contribution in [0.5, 0.6) is 0 Å². The highest BCUT2D eigenvalue weighted by atomic mass is 35.5. The largest absolute Gasteiger partial charge is 0.334 e. The zero-order chi connectivity index (χ0) is 16.1. The number of nitrogens with one attached hydrogen (secondary N) is 2. The SMILES string of the molecule is CC(NC(=O)NC(CN)C1CCCC1)c1c(F)cccc1Cl. The second-order valence-corrected chi connectivity index (χ2v) is 6.27. The zero-order valence-electron chi connectivity index (χ0n) is 12.7. The van der Waals surface area contributed by atoms with Crippen LogP contribution in [0.4, 0.5) is 9.18 Å². The lowest BCUT2D eigenvalue weighted by molar-refractivity contribution is 0.228. The molecular weight excluding hydrogens is 305 g/mol. The highest BCUT2D eigenvalue weighted by Gasteiger charge is 2.26. The van der Waals surface area contributed by atoms with E-state index < -0.39 is 11.9 Å². The van der Waals surface area contributed by atoms with Gasteiger partial charge in [0.25, 0.3) is 0 Å². The molecule has 0 spiro atoms. The topological polar surface area (TPSA) is 67.2 Å². The van der Waals surface area contributed by atoms with Crippen molar-refractivity contribution in [3.63, 3.8) is 0 Å². The van der Waals surface area contributed by atoms with E-state index in [0.717, 1.165) is 12.8 Å². The number of carbonyl (C=O) groups excluding carboxylic acids is 1. The molecule has 1 saturated carbocycles. The lowest BCUT2D eigenvalue weighted by Gasteiger charge is -2.25. The number of amides is 2. The lowest BCUT2D eigenvalue weighted by Crippen LogP contribution is -2.49. The third-order valence-corrected chi connectivity index (χ3v) is 4.65. The van der Waals surface area contributed by atoms with Gasteiger partial charge < -0.3 is 16.4 Å². The van der Waals surface area contributed by atoms with Crippen LogP contribution in [0.1, 0.15) is 44.2 Å². The number of carbonyl (C=O) groups is 1. The summed E-state index contributed by atoms with van der Waals surface area (Å²) in [5, 5.41) is 5.95. The Morgan fingerprint density at radius 3 is 2.68 bits per heavy atom. The Morgan fingerprint density at radius 2 is 2.09 bits per heavy atom. The minimum Gasteiger partial charge on any atom is -0.334 e. The van der Waals surface area contributed by atoms with E-state index >= 15 is 0 Å². The van der Waals surface area contributed by atoms with Crippen molar-refractivity contribution in [3.05, 3.63) is 34.6 Å². The van der Waals surface area contributed by atoms with Crippen molar-refractivity contribution in [2.24, 2.45) is 11.7 Å². The summed E-state index contributed by atoms with van der Waals surface area (Å²) >= 11 is 6.01. The summed E-state index contributed by atoms with van der Waals surface area (Å²) in [5.74, 6) is 0.00886. The molecule has 2 atom stereocenters. The van der Waals surface area contributed by atoms with Crippen molar-refractivity contribution in [3.8, 4) is 0 Å². The van der Waals surface area contributed by atoms with Crippen LogP contribution in [0.2, 0.25) is 5.02 Å². The number of urea groups is 1. The van der Waals surface area contributed by atoms with Crippen molar-refractivity contribution in [1.29, 1.82) is 0 Å². The number of nitrogens with two attached hydrogens (primary N) is 1. The molecule has 0 heterocycles. The van der Waals surface area contributed by atoms with E-state index in [9.17, 15) is 9.18 Å². The van der Waals surface area contributed by atoms with Gasteiger partial charge in [-0.1, -0.05) is 30.5 Å². The Labute approximate surface area is 135 Å². The summed E-state index contributed by atoms with van der Waals surface area (Å²) in [6.45, 7) is 2.11. The first-order valence-electron chi connectivity index (χ1n) is 7.74. The van der Waals surface area contributed by atoms with E-state index in [-0.39, 0.29) is 12.1 Å². The molecule has 122 valence electrons. The summed E-state index contributed by atoms with van der Waals surface area (Å²) in [7, 11) is 0. The molecule has 6 heteroatoms.